The third-order valence-electron chi connectivity index (χ3n) is 6.81. The van der Waals surface area contributed by atoms with Crippen molar-refractivity contribution in [3.63, 3.8) is 0 Å². The molecule has 6 rings (SSSR count). The van der Waals surface area contributed by atoms with Gasteiger partial charge in [-0.15, -0.1) is 0 Å². The van der Waals surface area contributed by atoms with Gasteiger partial charge in [0.05, 0.1) is 11.0 Å². The molecule has 1 aliphatic heterocycles. The van der Waals surface area contributed by atoms with Crippen LogP contribution in [-0.2, 0) is 6.42 Å². The summed E-state index contributed by atoms with van der Waals surface area (Å²) in [7, 11) is 0. The number of aromatic nitrogens is 2. The highest BCUT2D eigenvalue weighted by atomic mass is 35.5. The maximum atomic E-state index is 12.6. The molecule has 1 fully saturated rings. The molecule has 4 aromatic rings. The number of rotatable bonds is 2. The quantitative estimate of drug-likeness (QED) is 0.507. The van der Waals surface area contributed by atoms with Gasteiger partial charge in [0.2, 0.25) is 0 Å². The predicted octanol–water partition coefficient (Wildman–Crippen LogP) is 5.07. The second-order valence-corrected chi connectivity index (χ2v) is 8.68. The normalized spacial score (nSPS) is 20.1. The number of hydrogen-bond acceptors (Lipinski definition) is 2. The van der Waals surface area contributed by atoms with Crippen molar-refractivity contribution in [3.8, 4) is 0 Å². The standard InChI is InChI=1S/C24H22ClN3O/c25-19-9-8-15-4-3-5-17-22(14-18(19)23(15)17)27-12-10-16(11-13-27)28-21-7-2-1-6-20(21)26-24(28)29/h1-9,16,22H,10-14H2,(H,26,29). The van der Waals surface area contributed by atoms with Crippen LogP contribution in [0.15, 0.2) is 59.4 Å². The molecule has 1 atom stereocenters. The van der Waals surface area contributed by atoms with E-state index in [2.05, 4.69) is 34.1 Å². The van der Waals surface area contributed by atoms with Gasteiger partial charge in [0, 0.05) is 30.2 Å². The molecule has 0 radical (unpaired) electrons. The van der Waals surface area contributed by atoms with Crippen molar-refractivity contribution in [2.24, 2.45) is 0 Å². The Morgan fingerprint density at radius 2 is 1.79 bits per heavy atom. The Balaban J connectivity index is 1.28. The lowest BCUT2D eigenvalue weighted by molar-refractivity contribution is 0.137. The zero-order valence-corrected chi connectivity index (χ0v) is 16.8. The van der Waals surface area contributed by atoms with Gasteiger partial charge < -0.3 is 4.98 Å². The van der Waals surface area contributed by atoms with Crippen LogP contribution in [0.4, 0.5) is 0 Å². The molecular formula is C24H22ClN3O. The van der Waals surface area contributed by atoms with E-state index in [-0.39, 0.29) is 11.7 Å². The van der Waals surface area contributed by atoms with Gasteiger partial charge in [0.1, 0.15) is 0 Å². The van der Waals surface area contributed by atoms with Gasteiger partial charge >= 0.3 is 5.69 Å². The van der Waals surface area contributed by atoms with Crippen molar-refractivity contribution < 1.29 is 0 Å². The average molecular weight is 404 g/mol. The number of piperidine rings is 1. The lowest BCUT2D eigenvalue weighted by Gasteiger charge is -2.36. The third-order valence-corrected chi connectivity index (χ3v) is 7.17. The van der Waals surface area contributed by atoms with Crippen molar-refractivity contribution in [1.29, 1.82) is 0 Å². The first-order valence-corrected chi connectivity index (χ1v) is 10.7. The number of aromatic amines is 1. The Morgan fingerprint density at radius 3 is 2.66 bits per heavy atom. The Kier molecular flexibility index (Phi) is 3.87. The highest BCUT2D eigenvalue weighted by Gasteiger charge is 2.33. The molecule has 1 unspecified atom stereocenters. The smallest absolute Gasteiger partial charge is 0.306 e. The minimum Gasteiger partial charge on any atom is -0.306 e. The van der Waals surface area contributed by atoms with Crippen LogP contribution in [0.5, 0.6) is 0 Å². The molecular weight excluding hydrogens is 382 g/mol. The summed E-state index contributed by atoms with van der Waals surface area (Å²) in [5.74, 6) is 0. The fraction of sp³-hybridized carbons (Fsp3) is 0.292. The molecule has 146 valence electrons. The van der Waals surface area contributed by atoms with E-state index in [4.69, 9.17) is 11.6 Å². The zero-order valence-electron chi connectivity index (χ0n) is 16.1. The number of hydrogen-bond donors (Lipinski definition) is 1. The molecule has 4 nitrogen and oxygen atoms in total. The molecule has 5 heteroatoms. The number of H-pyrrole nitrogens is 1. The van der Waals surface area contributed by atoms with Gasteiger partial charge in [0.25, 0.3) is 0 Å². The van der Waals surface area contributed by atoms with Gasteiger partial charge in [0.15, 0.2) is 0 Å². The molecule has 2 aliphatic rings. The topological polar surface area (TPSA) is 41.0 Å². The fourth-order valence-corrected chi connectivity index (χ4v) is 5.69. The molecule has 1 N–H and O–H groups in total. The lowest BCUT2D eigenvalue weighted by atomic mass is 9.99. The van der Waals surface area contributed by atoms with Gasteiger partial charge in [-0.05, 0) is 59.4 Å². The second kappa shape index (κ2) is 6.48. The van der Waals surface area contributed by atoms with Crippen LogP contribution in [0.3, 0.4) is 0 Å². The molecule has 0 spiro atoms. The summed E-state index contributed by atoms with van der Waals surface area (Å²) in [4.78, 5) is 18.2. The van der Waals surface area contributed by atoms with Crippen LogP contribution in [-0.4, -0.2) is 27.5 Å². The van der Waals surface area contributed by atoms with Crippen LogP contribution in [0, 0.1) is 0 Å². The molecule has 1 saturated heterocycles. The number of nitrogens with zero attached hydrogens (tertiary/aromatic N) is 2. The molecule has 1 aliphatic carbocycles. The summed E-state index contributed by atoms with van der Waals surface area (Å²) in [6, 6.07) is 19.4. The Labute approximate surface area is 173 Å². The van der Waals surface area contributed by atoms with Crippen molar-refractivity contribution in [2.75, 3.05) is 13.1 Å². The van der Waals surface area contributed by atoms with Crippen molar-refractivity contribution in [3.05, 3.63) is 81.2 Å². The number of halogens is 1. The van der Waals surface area contributed by atoms with E-state index >= 15 is 0 Å². The maximum absolute atomic E-state index is 12.6. The Bertz CT molecular complexity index is 1300. The highest BCUT2D eigenvalue weighted by Crippen LogP contribution is 2.44. The highest BCUT2D eigenvalue weighted by molar-refractivity contribution is 6.32. The van der Waals surface area contributed by atoms with E-state index < -0.39 is 0 Å². The monoisotopic (exact) mass is 403 g/mol. The van der Waals surface area contributed by atoms with Gasteiger partial charge in [-0.25, -0.2) is 4.79 Å². The first-order valence-electron chi connectivity index (χ1n) is 10.3. The summed E-state index contributed by atoms with van der Waals surface area (Å²) in [5, 5.41) is 3.51. The van der Waals surface area contributed by atoms with Crippen molar-refractivity contribution >= 4 is 33.4 Å². The molecule has 0 bridgehead atoms. The largest absolute Gasteiger partial charge is 0.326 e. The van der Waals surface area contributed by atoms with Gasteiger partial charge in [-0.2, -0.15) is 0 Å². The molecule has 29 heavy (non-hydrogen) atoms. The van der Waals surface area contributed by atoms with E-state index in [9.17, 15) is 4.79 Å². The van der Waals surface area contributed by atoms with Gasteiger partial charge in [-0.3, -0.25) is 9.47 Å². The number of likely N-dealkylation sites (tertiary alicyclic amines) is 1. The summed E-state index contributed by atoms with van der Waals surface area (Å²) in [5.41, 5.74) is 4.64. The third kappa shape index (κ3) is 2.59. The fourth-order valence-electron chi connectivity index (χ4n) is 5.46. The van der Waals surface area contributed by atoms with Crippen molar-refractivity contribution in [1.82, 2.24) is 14.5 Å². The summed E-state index contributed by atoms with van der Waals surface area (Å²) in [6.45, 7) is 1.98. The summed E-state index contributed by atoms with van der Waals surface area (Å²) < 4.78 is 1.97. The first-order chi connectivity index (χ1) is 14.2. The molecule has 1 aromatic heterocycles. The summed E-state index contributed by atoms with van der Waals surface area (Å²) >= 11 is 6.54. The zero-order chi connectivity index (χ0) is 19.5. The van der Waals surface area contributed by atoms with Crippen LogP contribution in [0.25, 0.3) is 21.8 Å². The van der Waals surface area contributed by atoms with E-state index in [0.29, 0.717) is 6.04 Å². The van der Waals surface area contributed by atoms with Gasteiger partial charge in [-0.1, -0.05) is 48.0 Å². The number of imidazole rings is 1. The van der Waals surface area contributed by atoms with E-state index in [1.165, 1.54) is 21.9 Å². The van der Waals surface area contributed by atoms with Crippen LogP contribution >= 0.6 is 11.6 Å². The minimum atomic E-state index is 0.00877. The molecule has 0 saturated carbocycles. The molecule has 3 aromatic carbocycles. The average Bonchev–Trinajstić information content (AvgIpc) is 3.30. The number of nitrogens with one attached hydrogen (secondary N) is 1. The minimum absolute atomic E-state index is 0.00877. The Morgan fingerprint density at radius 1 is 0.966 bits per heavy atom. The number of fused-ring (bicyclic) bond motifs is 1. The predicted molar refractivity (Wildman–Crippen MR) is 118 cm³/mol. The number of para-hydroxylation sites is 2. The first kappa shape index (κ1) is 17.3. The van der Waals surface area contributed by atoms with Crippen LogP contribution < -0.4 is 5.69 Å². The van der Waals surface area contributed by atoms with E-state index in [1.54, 1.807) is 0 Å². The maximum Gasteiger partial charge on any atom is 0.326 e. The molecule has 0 amide bonds. The lowest BCUT2D eigenvalue weighted by Crippen LogP contribution is -2.39. The molecule has 2 heterocycles. The van der Waals surface area contributed by atoms with Crippen LogP contribution in [0.1, 0.15) is 36.1 Å². The van der Waals surface area contributed by atoms with E-state index in [1.807, 2.05) is 34.9 Å². The van der Waals surface area contributed by atoms with E-state index in [0.717, 1.165) is 48.4 Å². The SMILES string of the molecule is O=c1[nH]c2ccccc2n1C1CCN(C2Cc3c(Cl)ccc4cccc2c34)CC1. The van der Waals surface area contributed by atoms with Crippen molar-refractivity contribution in [2.45, 2.75) is 31.3 Å². The summed E-state index contributed by atoms with van der Waals surface area (Å²) in [6.07, 6.45) is 2.95. The number of benzene rings is 3. The van der Waals surface area contributed by atoms with Crippen LogP contribution in [0.2, 0.25) is 5.02 Å². The second-order valence-electron chi connectivity index (χ2n) is 8.28. The Hall–Kier alpha value is -2.56.